The van der Waals surface area contributed by atoms with Crippen molar-refractivity contribution in [3.63, 3.8) is 0 Å². The van der Waals surface area contributed by atoms with E-state index in [2.05, 4.69) is 10.1 Å². The first kappa shape index (κ1) is 21.4. The molecule has 30 heavy (non-hydrogen) atoms. The topological polar surface area (TPSA) is 92.3 Å². The molecular weight excluding hydrogens is 432 g/mol. The predicted molar refractivity (Wildman–Crippen MR) is 96.6 cm³/mol. The van der Waals surface area contributed by atoms with E-state index in [1.54, 1.807) is 0 Å². The largest absolute Gasteiger partial charge is 0.486 e. The molecule has 0 spiro atoms. The molecule has 158 valence electrons. The SMILES string of the molecule is NC(=O)O[C@H](COc1ccc(F)cc1F)c1ccc(Cl)c(-n2ncnc2C(F)F)c1. The Balaban J connectivity index is 1.92. The van der Waals surface area contributed by atoms with Gasteiger partial charge in [-0.15, -0.1) is 0 Å². The molecule has 0 saturated carbocycles. The molecule has 0 saturated heterocycles. The number of primary amides is 1. The van der Waals surface area contributed by atoms with Crippen LogP contribution in [0.4, 0.5) is 22.4 Å². The third-order valence-corrected chi connectivity index (χ3v) is 4.20. The van der Waals surface area contributed by atoms with Gasteiger partial charge in [-0.2, -0.15) is 5.10 Å². The van der Waals surface area contributed by atoms with Gasteiger partial charge in [0.2, 0.25) is 0 Å². The monoisotopic (exact) mass is 444 g/mol. The Hall–Kier alpha value is -3.34. The van der Waals surface area contributed by atoms with Gasteiger partial charge in [0.25, 0.3) is 6.43 Å². The maximum Gasteiger partial charge on any atom is 0.405 e. The van der Waals surface area contributed by atoms with Crippen molar-refractivity contribution in [3.8, 4) is 11.4 Å². The van der Waals surface area contributed by atoms with Gasteiger partial charge in [-0.05, 0) is 29.8 Å². The van der Waals surface area contributed by atoms with Crippen LogP contribution < -0.4 is 10.5 Å². The van der Waals surface area contributed by atoms with Crippen LogP contribution in [0, 0.1) is 11.6 Å². The lowest BCUT2D eigenvalue weighted by molar-refractivity contribution is 0.0700. The third kappa shape index (κ3) is 4.79. The first-order valence-corrected chi connectivity index (χ1v) is 8.66. The molecule has 0 aliphatic heterocycles. The summed E-state index contributed by atoms with van der Waals surface area (Å²) < 4.78 is 64.2. The minimum Gasteiger partial charge on any atom is -0.486 e. The molecule has 1 aromatic heterocycles. The van der Waals surface area contributed by atoms with Crippen molar-refractivity contribution in [2.24, 2.45) is 5.73 Å². The Morgan fingerprint density at radius 1 is 1.20 bits per heavy atom. The third-order valence-electron chi connectivity index (χ3n) is 3.88. The molecule has 1 heterocycles. The Labute approximate surface area is 172 Å². The number of halogens is 5. The normalized spacial score (nSPS) is 12.1. The molecule has 3 rings (SSSR count). The van der Waals surface area contributed by atoms with Crippen LogP contribution in [0.2, 0.25) is 5.02 Å². The highest BCUT2D eigenvalue weighted by Gasteiger charge is 2.22. The van der Waals surface area contributed by atoms with E-state index in [1.807, 2.05) is 0 Å². The number of amides is 1. The van der Waals surface area contributed by atoms with Crippen LogP contribution in [0.5, 0.6) is 5.75 Å². The van der Waals surface area contributed by atoms with Gasteiger partial charge in [0.15, 0.2) is 23.5 Å². The summed E-state index contributed by atoms with van der Waals surface area (Å²) in [6, 6.07) is 6.78. The Kier molecular flexibility index (Phi) is 6.40. The molecule has 0 fully saturated rings. The first-order chi connectivity index (χ1) is 14.3. The van der Waals surface area contributed by atoms with Crippen LogP contribution >= 0.6 is 11.6 Å². The van der Waals surface area contributed by atoms with Gasteiger partial charge in [-0.1, -0.05) is 17.7 Å². The zero-order chi connectivity index (χ0) is 21.8. The number of ether oxygens (including phenoxy) is 2. The summed E-state index contributed by atoms with van der Waals surface area (Å²) in [7, 11) is 0. The molecular formula is C18H13ClF4N4O3. The van der Waals surface area contributed by atoms with E-state index in [0.29, 0.717) is 6.07 Å². The van der Waals surface area contributed by atoms with Crippen LogP contribution in [0.15, 0.2) is 42.7 Å². The van der Waals surface area contributed by atoms with E-state index in [1.165, 1.54) is 18.2 Å². The lowest BCUT2D eigenvalue weighted by atomic mass is 10.1. The van der Waals surface area contributed by atoms with E-state index >= 15 is 0 Å². The number of rotatable bonds is 7. The molecule has 0 aliphatic carbocycles. The standard InChI is InChI=1S/C18H13ClF4N4O3/c19-11-3-1-9(5-13(11)27-17(16(22)23)25-8-26-27)15(30-18(24)28)7-29-14-4-2-10(20)6-12(14)21/h1-6,8,15-16H,7H2,(H2,24,28)/t15-/m1/s1. The van der Waals surface area contributed by atoms with Crippen LogP contribution in [-0.2, 0) is 4.74 Å². The molecule has 0 bridgehead atoms. The molecule has 2 N–H and O–H groups in total. The van der Waals surface area contributed by atoms with E-state index in [-0.39, 0.29) is 22.0 Å². The number of aromatic nitrogens is 3. The van der Waals surface area contributed by atoms with Crippen molar-refractivity contribution in [3.05, 3.63) is 70.8 Å². The summed E-state index contributed by atoms with van der Waals surface area (Å²) in [5.41, 5.74) is 5.36. The van der Waals surface area contributed by atoms with E-state index in [0.717, 1.165) is 23.1 Å². The average Bonchev–Trinajstić information content (AvgIpc) is 3.16. The highest BCUT2D eigenvalue weighted by molar-refractivity contribution is 6.32. The summed E-state index contributed by atoms with van der Waals surface area (Å²) in [5, 5.41) is 3.80. The fourth-order valence-electron chi connectivity index (χ4n) is 2.57. The number of hydrogen-bond acceptors (Lipinski definition) is 5. The molecule has 2 aromatic carbocycles. The van der Waals surface area contributed by atoms with Crippen LogP contribution in [0.3, 0.4) is 0 Å². The van der Waals surface area contributed by atoms with Gasteiger partial charge in [0, 0.05) is 6.07 Å². The molecule has 3 aromatic rings. The number of nitrogens with two attached hydrogens (primary N) is 1. The lowest BCUT2D eigenvalue weighted by Gasteiger charge is -2.19. The number of alkyl halides is 2. The van der Waals surface area contributed by atoms with Crippen molar-refractivity contribution < 1.29 is 31.8 Å². The smallest absolute Gasteiger partial charge is 0.405 e. The summed E-state index contributed by atoms with van der Waals surface area (Å²) in [5.74, 6) is -2.70. The predicted octanol–water partition coefficient (Wildman–Crippen LogP) is 4.35. The maximum absolute atomic E-state index is 13.8. The van der Waals surface area contributed by atoms with E-state index in [9.17, 15) is 22.4 Å². The summed E-state index contributed by atoms with van der Waals surface area (Å²) in [4.78, 5) is 14.8. The van der Waals surface area contributed by atoms with Gasteiger partial charge < -0.3 is 15.2 Å². The zero-order valence-corrected chi connectivity index (χ0v) is 15.7. The van der Waals surface area contributed by atoms with Crippen molar-refractivity contribution in [1.82, 2.24) is 14.8 Å². The second kappa shape index (κ2) is 8.99. The zero-order valence-electron chi connectivity index (χ0n) is 14.9. The highest BCUT2D eigenvalue weighted by atomic mass is 35.5. The number of hydrogen-bond donors (Lipinski definition) is 1. The maximum atomic E-state index is 13.8. The Bertz CT molecular complexity index is 1060. The van der Waals surface area contributed by atoms with Gasteiger partial charge in [0.1, 0.15) is 18.8 Å². The van der Waals surface area contributed by atoms with E-state index < -0.39 is 42.7 Å². The second-order valence-corrected chi connectivity index (χ2v) is 6.26. The van der Waals surface area contributed by atoms with E-state index in [4.69, 9.17) is 26.8 Å². The lowest BCUT2D eigenvalue weighted by Crippen LogP contribution is -2.22. The minimum atomic E-state index is -2.92. The number of carbonyl (C=O) groups excluding carboxylic acids is 1. The minimum absolute atomic E-state index is 0.0352. The average molecular weight is 445 g/mol. The summed E-state index contributed by atoms with van der Waals surface area (Å²) >= 11 is 6.10. The van der Waals surface area contributed by atoms with Crippen LogP contribution in [-0.4, -0.2) is 27.5 Å². The fraction of sp³-hybridized carbons (Fsp3) is 0.167. The molecule has 7 nitrogen and oxygen atoms in total. The molecule has 1 amide bonds. The van der Waals surface area contributed by atoms with Crippen molar-refractivity contribution in [2.75, 3.05) is 6.61 Å². The quantitative estimate of drug-likeness (QED) is 0.547. The molecule has 0 radical (unpaired) electrons. The van der Waals surface area contributed by atoms with Crippen LogP contribution in [0.1, 0.15) is 23.9 Å². The Morgan fingerprint density at radius 3 is 2.63 bits per heavy atom. The molecule has 12 heteroatoms. The number of nitrogens with zero attached hydrogens (tertiary/aromatic N) is 3. The van der Waals surface area contributed by atoms with Crippen molar-refractivity contribution in [2.45, 2.75) is 12.5 Å². The van der Waals surface area contributed by atoms with Crippen LogP contribution in [0.25, 0.3) is 5.69 Å². The fourth-order valence-corrected chi connectivity index (χ4v) is 2.77. The highest BCUT2D eigenvalue weighted by Crippen LogP contribution is 2.29. The Morgan fingerprint density at radius 2 is 1.97 bits per heavy atom. The number of benzene rings is 2. The van der Waals surface area contributed by atoms with Gasteiger partial charge in [0.05, 0.1) is 10.7 Å². The molecule has 0 aliphatic rings. The van der Waals surface area contributed by atoms with Gasteiger partial charge in [-0.3, -0.25) is 0 Å². The molecule has 1 atom stereocenters. The van der Waals surface area contributed by atoms with Gasteiger partial charge in [-0.25, -0.2) is 32.0 Å². The first-order valence-electron chi connectivity index (χ1n) is 8.28. The number of carbonyl (C=O) groups is 1. The summed E-state index contributed by atoms with van der Waals surface area (Å²) in [6.45, 7) is -0.411. The summed E-state index contributed by atoms with van der Waals surface area (Å²) in [6.07, 6.45) is -4.31. The van der Waals surface area contributed by atoms with Crippen molar-refractivity contribution in [1.29, 1.82) is 0 Å². The molecule has 0 unspecified atom stereocenters. The second-order valence-electron chi connectivity index (χ2n) is 5.85. The van der Waals surface area contributed by atoms with Crippen molar-refractivity contribution >= 4 is 17.7 Å². The van der Waals surface area contributed by atoms with Gasteiger partial charge >= 0.3 is 6.09 Å².